The molecule has 0 rings (SSSR count). The maximum Gasteiger partial charge on any atom is 0.154 e. The van der Waals surface area contributed by atoms with Crippen molar-refractivity contribution in [1.29, 1.82) is 0 Å². The van der Waals surface area contributed by atoms with Crippen LogP contribution in [0.1, 0.15) is 53.9 Å². The van der Waals surface area contributed by atoms with Crippen molar-refractivity contribution in [3.05, 3.63) is 4.91 Å². The van der Waals surface area contributed by atoms with Gasteiger partial charge in [-0.25, -0.2) is 0 Å². The Morgan fingerprint density at radius 1 is 1.17 bits per heavy atom. The van der Waals surface area contributed by atoms with Gasteiger partial charge in [0.2, 0.25) is 0 Å². The first kappa shape index (κ1) is 22.5. The SMILES string of the molecule is CC(C)C(=O)[C@H](COCCCCCSCCN=O)NC(C)(C)C. The third-order valence-corrected chi connectivity index (χ3v) is 4.26. The van der Waals surface area contributed by atoms with Gasteiger partial charge in [-0.15, -0.1) is 0 Å². The molecule has 0 aromatic rings. The van der Waals surface area contributed by atoms with Crippen LogP contribution in [0.25, 0.3) is 0 Å². The van der Waals surface area contributed by atoms with Crippen LogP contribution in [0.4, 0.5) is 0 Å². The Hall–Kier alpha value is -0.460. The number of hydrogen-bond acceptors (Lipinski definition) is 6. The molecule has 0 radical (unpaired) electrons. The summed E-state index contributed by atoms with van der Waals surface area (Å²) >= 11 is 1.77. The van der Waals surface area contributed by atoms with Crippen molar-refractivity contribution in [3.63, 3.8) is 0 Å². The van der Waals surface area contributed by atoms with E-state index in [-0.39, 0.29) is 23.3 Å². The molecule has 0 heterocycles. The summed E-state index contributed by atoms with van der Waals surface area (Å²) in [6, 6.07) is -0.235. The van der Waals surface area contributed by atoms with E-state index in [9.17, 15) is 9.70 Å². The average molecular weight is 347 g/mol. The van der Waals surface area contributed by atoms with Gasteiger partial charge in [-0.2, -0.15) is 16.7 Å². The van der Waals surface area contributed by atoms with Crippen LogP contribution >= 0.6 is 11.8 Å². The second-order valence-electron chi connectivity index (χ2n) is 7.10. The lowest BCUT2D eigenvalue weighted by Crippen LogP contribution is -2.51. The summed E-state index contributed by atoms with van der Waals surface area (Å²) in [7, 11) is 0. The van der Waals surface area contributed by atoms with E-state index < -0.39 is 0 Å². The molecule has 0 aliphatic rings. The molecule has 0 fully saturated rings. The topological polar surface area (TPSA) is 67.8 Å². The highest BCUT2D eigenvalue weighted by molar-refractivity contribution is 7.99. The molecule has 0 aromatic carbocycles. The molecule has 0 aliphatic carbocycles. The number of hydrogen-bond donors (Lipinski definition) is 1. The first-order valence-electron chi connectivity index (χ1n) is 8.54. The predicted octanol–water partition coefficient (Wildman–Crippen LogP) is 3.65. The standard InChI is InChI=1S/C17H34N2O3S/c1-14(2)16(20)15(19-17(3,4)5)13-22-10-7-6-8-11-23-12-9-18-21/h14-15,19H,6-13H2,1-5H3/t15-/m0/s1. The van der Waals surface area contributed by atoms with E-state index in [0.29, 0.717) is 19.8 Å². The first-order chi connectivity index (χ1) is 10.8. The van der Waals surface area contributed by atoms with Gasteiger partial charge in [0.25, 0.3) is 0 Å². The summed E-state index contributed by atoms with van der Waals surface area (Å²) in [5, 5.41) is 6.19. The lowest BCUT2D eigenvalue weighted by atomic mass is 9.99. The van der Waals surface area contributed by atoms with Crippen LogP contribution in [-0.2, 0) is 9.53 Å². The molecule has 5 nitrogen and oxygen atoms in total. The number of ether oxygens (including phenoxy) is 1. The Morgan fingerprint density at radius 3 is 2.43 bits per heavy atom. The molecule has 0 amide bonds. The molecular formula is C17H34N2O3S. The maximum absolute atomic E-state index is 12.2. The van der Waals surface area contributed by atoms with E-state index in [1.807, 2.05) is 13.8 Å². The van der Waals surface area contributed by atoms with Gasteiger partial charge in [0, 0.05) is 23.8 Å². The molecule has 1 atom stereocenters. The van der Waals surface area contributed by atoms with Crippen molar-refractivity contribution in [2.75, 3.05) is 31.3 Å². The number of unbranched alkanes of at least 4 members (excludes halogenated alkanes) is 2. The molecule has 136 valence electrons. The van der Waals surface area contributed by atoms with E-state index in [2.05, 4.69) is 31.3 Å². The number of nitroso groups, excluding NO2 is 1. The van der Waals surface area contributed by atoms with Gasteiger partial charge < -0.3 is 10.1 Å². The minimum atomic E-state index is -0.235. The average Bonchev–Trinajstić information content (AvgIpc) is 2.45. The third-order valence-electron chi connectivity index (χ3n) is 3.21. The molecule has 0 aliphatic heterocycles. The molecule has 0 unspecified atom stereocenters. The smallest absolute Gasteiger partial charge is 0.154 e. The summed E-state index contributed by atoms with van der Waals surface area (Å²) in [6.07, 6.45) is 3.24. The van der Waals surface area contributed by atoms with Gasteiger partial charge in [0.1, 0.15) is 0 Å². The Balaban J connectivity index is 3.83. The second kappa shape index (κ2) is 12.9. The van der Waals surface area contributed by atoms with Crippen molar-refractivity contribution in [3.8, 4) is 0 Å². The number of carbonyl (C=O) groups excluding carboxylic acids is 1. The van der Waals surface area contributed by atoms with E-state index >= 15 is 0 Å². The number of nitrogens with one attached hydrogen (secondary N) is 1. The zero-order valence-corrected chi connectivity index (χ0v) is 16.2. The molecule has 23 heavy (non-hydrogen) atoms. The zero-order chi connectivity index (χ0) is 17.7. The molecule has 6 heteroatoms. The maximum atomic E-state index is 12.2. The first-order valence-corrected chi connectivity index (χ1v) is 9.69. The summed E-state index contributed by atoms with van der Waals surface area (Å²) < 4.78 is 5.71. The molecule has 0 saturated carbocycles. The van der Waals surface area contributed by atoms with E-state index in [1.54, 1.807) is 11.8 Å². The molecule has 1 N–H and O–H groups in total. The minimum absolute atomic E-state index is 0.0105. The van der Waals surface area contributed by atoms with E-state index in [4.69, 9.17) is 4.74 Å². The normalized spacial score (nSPS) is 13.3. The zero-order valence-electron chi connectivity index (χ0n) is 15.4. The minimum Gasteiger partial charge on any atom is -0.379 e. The lowest BCUT2D eigenvalue weighted by Gasteiger charge is -2.28. The van der Waals surface area contributed by atoms with E-state index in [0.717, 1.165) is 30.8 Å². The highest BCUT2D eigenvalue weighted by atomic mass is 32.2. The number of nitrogens with zero attached hydrogens (tertiary/aromatic N) is 1. The number of Topliss-reactive ketones (excluding diaryl/α,β-unsaturated/α-hetero) is 1. The Labute approximate surface area is 145 Å². The van der Waals surface area contributed by atoms with Gasteiger partial charge in [-0.05, 0) is 39.4 Å². The lowest BCUT2D eigenvalue weighted by molar-refractivity contribution is -0.126. The fourth-order valence-electron chi connectivity index (χ4n) is 2.11. The van der Waals surface area contributed by atoms with Crippen LogP contribution in [0, 0.1) is 10.8 Å². The van der Waals surface area contributed by atoms with Crippen LogP contribution in [0.3, 0.4) is 0 Å². The largest absolute Gasteiger partial charge is 0.379 e. The summed E-state index contributed by atoms with van der Waals surface area (Å²) in [6.45, 7) is 11.6. The number of ketones is 1. The highest BCUT2D eigenvalue weighted by Gasteiger charge is 2.25. The van der Waals surface area contributed by atoms with Gasteiger partial charge in [0.05, 0.1) is 19.2 Å². The van der Waals surface area contributed by atoms with Gasteiger partial charge in [-0.3, -0.25) is 4.79 Å². The van der Waals surface area contributed by atoms with Gasteiger partial charge in [0.15, 0.2) is 5.78 Å². The number of rotatable bonds is 14. The van der Waals surface area contributed by atoms with Crippen molar-refractivity contribution in [1.82, 2.24) is 5.32 Å². The molecule has 0 bridgehead atoms. The summed E-state index contributed by atoms with van der Waals surface area (Å²) in [5.74, 6) is 2.10. The van der Waals surface area contributed by atoms with Crippen molar-refractivity contribution in [2.24, 2.45) is 11.1 Å². The third kappa shape index (κ3) is 13.7. The van der Waals surface area contributed by atoms with Crippen LogP contribution in [0.5, 0.6) is 0 Å². The summed E-state index contributed by atoms with van der Waals surface area (Å²) in [4.78, 5) is 22.2. The molecular weight excluding hydrogens is 312 g/mol. The Kier molecular flexibility index (Phi) is 12.6. The Morgan fingerprint density at radius 2 is 1.87 bits per heavy atom. The number of carbonyl (C=O) groups is 1. The molecule has 0 spiro atoms. The number of thioether (sulfide) groups is 1. The molecule has 0 saturated heterocycles. The van der Waals surface area contributed by atoms with Crippen molar-refractivity contribution < 1.29 is 9.53 Å². The van der Waals surface area contributed by atoms with Crippen LogP contribution in [0.2, 0.25) is 0 Å². The van der Waals surface area contributed by atoms with Crippen molar-refractivity contribution >= 4 is 17.5 Å². The Bertz CT molecular complexity index is 330. The van der Waals surface area contributed by atoms with Crippen LogP contribution in [0.15, 0.2) is 5.18 Å². The fraction of sp³-hybridized carbons (Fsp3) is 0.941. The summed E-state index contributed by atoms with van der Waals surface area (Å²) in [5.41, 5.74) is -0.105. The van der Waals surface area contributed by atoms with Crippen molar-refractivity contribution in [2.45, 2.75) is 65.5 Å². The van der Waals surface area contributed by atoms with Gasteiger partial charge >= 0.3 is 0 Å². The van der Waals surface area contributed by atoms with Crippen LogP contribution < -0.4 is 5.32 Å². The van der Waals surface area contributed by atoms with Crippen LogP contribution in [-0.4, -0.2) is 48.6 Å². The van der Waals surface area contributed by atoms with Gasteiger partial charge in [-0.1, -0.05) is 25.4 Å². The van der Waals surface area contributed by atoms with E-state index in [1.165, 1.54) is 0 Å². The molecule has 0 aromatic heterocycles. The second-order valence-corrected chi connectivity index (χ2v) is 8.33. The highest BCUT2D eigenvalue weighted by Crippen LogP contribution is 2.09. The quantitative estimate of drug-likeness (QED) is 0.384. The monoisotopic (exact) mass is 346 g/mol. The predicted molar refractivity (Wildman–Crippen MR) is 99.2 cm³/mol. The fourth-order valence-corrected chi connectivity index (χ4v) is 2.93.